The van der Waals surface area contributed by atoms with Crippen LogP contribution in [0, 0.1) is 0 Å². The fraction of sp³-hybridized carbons (Fsp3) is 0.174. The summed E-state index contributed by atoms with van der Waals surface area (Å²) >= 11 is 2.31. The van der Waals surface area contributed by atoms with Crippen molar-refractivity contribution in [2.45, 2.75) is 11.9 Å². The molecule has 3 heterocycles. The summed E-state index contributed by atoms with van der Waals surface area (Å²) in [4.78, 5) is 45.7. The summed E-state index contributed by atoms with van der Waals surface area (Å²) in [6.07, 6.45) is 3.07. The van der Waals surface area contributed by atoms with Crippen LogP contribution in [0.25, 0.3) is 22.4 Å². The lowest BCUT2D eigenvalue weighted by molar-refractivity contribution is -0.144. The third-order valence-electron chi connectivity index (χ3n) is 4.44. The number of aromatic nitrogens is 2. The quantitative estimate of drug-likeness (QED) is 0.265. The van der Waals surface area contributed by atoms with Crippen LogP contribution in [0.2, 0.25) is 0 Å². The number of furan rings is 1. The van der Waals surface area contributed by atoms with Gasteiger partial charge >= 0.3 is 11.9 Å². The van der Waals surface area contributed by atoms with Gasteiger partial charge in [0.25, 0.3) is 5.91 Å². The Morgan fingerprint density at radius 1 is 1.12 bits per heavy atom. The summed E-state index contributed by atoms with van der Waals surface area (Å²) in [6.45, 7) is 1.37. The Bertz CT molecular complexity index is 1320. The molecule has 9 nitrogen and oxygen atoms in total. The number of thioether (sulfide) groups is 1. The second-order valence-corrected chi connectivity index (χ2v) is 8.62. The number of para-hydroxylation sites is 2. The number of carbonyl (C=O) groups excluding carboxylic acids is 3. The maximum atomic E-state index is 12.5. The molecule has 0 radical (unpaired) electrons. The summed E-state index contributed by atoms with van der Waals surface area (Å²) in [5, 5.41) is 5.16. The van der Waals surface area contributed by atoms with Crippen LogP contribution in [0.15, 0.2) is 63.7 Å². The number of amides is 1. The highest BCUT2D eigenvalue weighted by Crippen LogP contribution is 2.36. The zero-order valence-electron chi connectivity index (χ0n) is 18.0. The van der Waals surface area contributed by atoms with Crippen LogP contribution in [0.3, 0.4) is 0 Å². The van der Waals surface area contributed by atoms with Crippen molar-refractivity contribution in [1.29, 1.82) is 0 Å². The van der Waals surface area contributed by atoms with Gasteiger partial charge in [-0.15, -0.1) is 11.3 Å². The molecule has 0 fully saturated rings. The Morgan fingerprint density at radius 3 is 2.71 bits per heavy atom. The fourth-order valence-corrected chi connectivity index (χ4v) is 4.55. The number of benzene rings is 1. The van der Waals surface area contributed by atoms with Crippen molar-refractivity contribution in [3.8, 4) is 11.3 Å². The van der Waals surface area contributed by atoms with Gasteiger partial charge in [-0.05, 0) is 31.2 Å². The molecule has 0 saturated heterocycles. The van der Waals surface area contributed by atoms with Gasteiger partial charge in [0.2, 0.25) is 0 Å². The van der Waals surface area contributed by atoms with Crippen molar-refractivity contribution in [3.63, 3.8) is 0 Å². The number of thiophene rings is 1. The van der Waals surface area contributed by atoms with Crippen molar-refractivity contribution in [2.75, 3.05) is 24.3 Å². The second-order valence-electron chi connectivity index (χ2n) is 6.75. The van der Waals surface area contributed by atoms with Gasteiger partial charge in [-0.3, -0.25) is 14.6 Å². The maximum Gasteiger partial charge on any atom is 0.341 e. The van der Waals surface area contributed by atoms with Gasteiger partial charge in [-0.1, -0.05) is 23.9 Å². The Morgan fingerprint density at radius 2 is 1.94 bits per heavy atom. The minimum absolute atomic E-state index is 0.0317. The predicted molar refractivity (Wildman–Crippen MR) is 128 cm³/mol. The normalized spacial score (nSPS) is 10.7. The van der Waals surface area contributed by atoms with Crippen molar-refractivity contribution < 1.29 is 28.3 Å². The van der Waals surface area contributed by atoms with Gasteiger partial charge in [0.05, 0.1) is 35.9 Å². The smallest absolute Gasteiger partial charge is 0.341 e. The number of hydrogen-bond acceptors (Lipinski definition) is 10. The minimum atomic E-state index is -0.588. The zero-order chi connectivity index (χ0) is 23.9. The molecule has 11 heteroatoms. The standard InChI is InChI=1S/C23H19N3O6S2/c1-2-30-23(29)21-14(17-8-5-9-31-17)12-34-22(21)26-18(27)11-32-20(28)13-33-19-10-24-15-6-3-4-7-16(15)25-19/h3-10,12H,2,11,13H2,1H3,(H,26,27). The van der Waals surface area contributed by atoms with Crippen LogP contribution < -0.4 is 5.32 Å². The van der Waals surface area contributed by atoms with Crippen LogP contribution in [0.4, 0.5) is 5.00 Å². The van der Waals surface area contributed by atoms with Gasteiger partial charge in [0.15, 0.2) is 6.61 Å². The molecule has 4 aromatic rings. The number of nitrogens with one attached hydrogen (secondary N) is 1. The summed E-state index contributed by atoms with van der Waals surface area (Å²) in [6, 6.07) is 10.8. The van der Waals surface area contributed by atoms with E-state index >= 15 is 0 Å². The molecule has 0 aliphatic rings. The number of nitrogens with zero attached hydrogens (tertiary/aromatic N) is 2. The van der Waals surface area contributed by atoms with Crippen LogP contribution in [0.5, 0.6) is 0 Å². The van der Waals surface area contributed by atoms with E-state index < -0.39 is 24.5 Å². The number of fused-ring (bicyclic) bond motifs is 1. The van der Waals surface area contributed by atoms with Gasteiger partial charge < -0.3 is 19.2 Å². The van der Waals surface area contributed by atoms with Crippen molar-refractivity contribution in [2.24, 2.45) is 0 Å². The Labute approximate surface area is 202 Å². The first-order valence-corrected chi connectivity index (χ1v) is 12.0. The summed E-state index contributed by atoms with van der Waals surface area (Å²) in [5.74, 6) is -1.31. The molecule has 0 aliphatic heterocycles. The molecule has 0 spiro atoms. The van der Waals surface area contributed by atoms with Crippen LogP contribution in [-0.2, 0) is 19.1 Å². The fourth-order valence-electron chi connectivity index (χ4n) is 2.96. The highest BCUT2D eigenvalue weighted by atomic mass is 32.2. The van der Waals surface area contributed by atoms with Gasteiger partial charge in [0, 0.05) is 10.9 Å². The topological polar surface area (TPSA) is 121 Å². The average Bonchev–Trinajstić information content (AvgIpc) is 3.51. The summed E-state index contributed by atoms with van der Waals surface area (Å²) in [5.41, 5.74) is 2.18. The lowest BCUT2D eigenvalue weighted by Gasteiger charge is -2.08. The van der Waals surface area contributed by atoms with Crippen molar-refractivity contribution >= 4 is 57.0 Å². The summed E-state index contributed by atoms with van der Waals surface area (Å²) < 4.78 is 15.6. The molecule has 174 valence electrons. The van der Waals surface area contributed by atoms with E-state index in [-0.39, 0.29) is 22.9 Å². The van der Waals surface area contributed by atoms with E-state index in [4.69, 9.17) is 13.9 Å². The number of ether oxygens (including phenoxy) is 2. The van der Waals surface area contributed by atoms with Crippen LogP contribution >= 0.6 is 23.1 Å². The molecule has 0 bridgehead atoms. The minimum Gasteiger partial charge on any atom is -0.464 e. The first-order chi connectivity index (χ1) is 16.5. The molecule has 1 N–H and O–H groups in total. The molecule has 0 aliphatic carbocycles. The highest BCUT2D eigenvalue weighted by molar-refractivity contribution is 7.99. The first kappa shape index (κ1) is 23.5. The van der Waals surface area contributed by atoms with E-state index in [1.54, 1.807) is 30.6 Å². The predicted octanol–water partition coefficient (Wildman–Crippen LogP) is 4.40. The molecule has 1 amide bonds. The third kappa shape index (κ3) is 5.61. The van der Waals surface area contributed by atoms with Gasteiger partial charge in [0.1, 0.15) is 21.4 Å². The second kappa shape index (κ2) is 10.9. The van der Waals surface area contributed by atoms with E-state index in [2.05, 4.69) is 15.3 Å². The lowest BCUT2D eigenvalue weighted by Crippen LogP contribution is -2.22. The van der Waals surface area contributed by atoms with Gasteiger partial charge in [-0.25, -0.2) is 9.78 Å². The Kier molecular flexibility index (Phi) is 7.55. The molecule has 34 heavy (non-hydrogen) atoms. The average molecular weight is 498 g/mol. The van der Waals surface area contributed by atoms with Crippen LogP contribution in [-0.4, -0.2) is 46.8 Å². The number of esters is 2. The molecule has 0 unspecified atom stereocenters. The first-order valence-electron chi connectivity index (χ1n) is 10.2. The molecule has 3 aromatic heterocycles. The van der Waals surface area contributed by atoms with Crippen LogP contribution in [0.1, 0.15) is 17.3 Å². The number of rotatable bonds is 9. The monoisotopic (exact) mass is 497 g/mol. The molecule has 1 aromatic carbocycles. The van der Waals surface area contributed by atoms with Crippen molar-refractivity contribution in [3.05, 3.63) is 59.8 Å². The molecular formula is C23H19N3O6S2. The zero-order valence-corrected chi connectivity index (χ0v) is 19.6. The van der Waals surface area contributed by atoms with E-state index in [0.29, 0.717) is 16.3 Å². The van der Waals surface area contributed by atoms with E-state index in [9.17, 15) is 14.4 Å². The van der Waals surface area contributed by atoms with E-state index in [1.807, 2.05) is 24.3 Å². The molecule has 0 atom stereocenters. The molecule has 0 saturated carbocycles. The number of anilines is 1. The lowest BCUT2D eigenvalue weighted by atomic mass is 10.1. The highest BCUT2D eigenvalue weighted by Gasteiger charge is 2.24. The maximum absolute atomic E-state index is 12.5. The van der Waals surface area contributed by atoms with Gasteiger partial charge in [-0.2, -0.15) is 0 Å². The SMILES string of the molecule is CCOC(=O)c1c(-c2ccco2)csc1NC(=O)COC(=O)CSc1cnc2ccccc2n1. The van der Waals surface area contributed by atoms with E-state index in [0.717, 1.165) is 34.1 Å². The third-order valence-corrected chi connectivity index (χ3v) is 6.21. The molecular weight excluding hydrogens is 478 g/mol. The Hall–Kier alpha value is -3.70. The summed E-state index contributed by atoms with van der Waals surface area (Å²) in [7, 11) is 0. The largest absolute Gasteiger partial charge is 0.464 e. The Balaban J connectivity index is 1.33. The number of hydrogen-bond donors (Lipinski definition) is 1. The number of carbonyl (C=O) groups is 3. The van der Waals surface area contributed by atoms with Crippen molar-refractivity contribution in [1.82, 2.24) is 9.97 Å². The van der Waals surface area contributed by atoms with E-state index in [1.165, 1.54) is 6.26 Å². The molecule has 4 rings (SSSR count).